The van der Waals surface area contributed by atoms with Gasteiger partial charge in [0.25, 0.3) is 0 Å². The maximum absolute atomic E-state index is 5.35. The highest BCUT2D eigenvalue weighted by Crippen LogP contribution is 2.23. The van der Waals surface area contributed by atoms with Crippen molar-refractivity contribution < 1.29 is 4.52 Å². The highest BCUT2D eigenvalue weighted by molar-refractivity contribution is 9.10. The standard InChI is InChI=1S/C15H20BrN3O/c1-4-12(17-5-2)9-14-18-15(19-20-14)11-7-6-10(3)13(16)8-11/h6-8,12,17H,4-5,9H2,1-3H3. The van der Waals surface area contributed by atoms with Gasteiger partial charge in [-0.3, -0.25) is 0 Å². The summed E-state index contributed by atoms with van der Waals surface area (Å²) >= 11 is 3.53. The normalized spacial score (nSPS) is 12.6. The molecule has 1 unspecified atom stereocenters. The third-order valence-electron chi connectivity index (χ3n) is 3.30. The molecule has 1 heterocycles. The molecule has 0 bridgehead atoms. The van der Waals surface area contributed by atoms with Gasteiger partial charge in [0.2, 0.25) is 11.7 Å². The molecule has 0 fully saturated rings. The van der Waals surface area contributed by atoms with Crippen LogP contribution in [-0.2, 0) is 6.42 Å². The van der Waals surface area contributed by atoms with Gasteiger partial charge in [-0.15, -0.1) is 0 Å². The molecule has 1 aromatic carbocycles. The molecule has 1 aromatic heterocycles. The number of halogens is 1. The van der Waals surface area contributed by atoms with Crippen LogP contribution in [0, 0.1) is 6.92 Å². The summed E-state index contributed by atoms with van der Waals surface area (Å²) < 4.78 is 6.41. The minimum atomic E-state index is 0.387. The second-order valence-corrected chi connectivity index (χ2v) is 5.70. The summed E-state index contributed by atoms with van der Waals surface area (Å²) in [5.74, 6) is 1.33. The first-order valence-corrected chi connectivity index (χ1v) is 7.75. The summed E-state index contributed by atoms with van der Waals surface area (Å²) in [5, 5.41) is 7.48. The van der Waals surface area contributed by atoms with E-state index in [4.69, 9.17) is 4.52 Å². The van der Waals surface area contributed by atoms with E-state index in [-0.39, 0.29) is 0 Å². The van der Waals surface area contributed by atoms with Gasteiger partial charge < -0.3 is 9.84 Å². The molecule has 1 atom stereocenters. The lowest BCUT2D eigenvalue weighted by atomic mass is 10.1. The quantitative estimate of drug-likeness (QED) is 0.872. The van der Waals surface area contributed by atoms with Gasteiger partial charge >= 0.3 is 0 Å². The van der Waals surface area contributed by atoms with E-state index in [0.717, 1.165) is 29.4 Å². The number of hydrogen-bond donors (Lipinski definition) is 1. The summed E-state index contributed by atoms with van der Waals surface area (Å²) in [6, 6.07) is 6.46. The molecule has 0 amide bonds. The van der Waals surface area contributed by atoms with Crippen molar-refractivity contribution in [1.82, 2.24) is 15.5 Å². The number of aryl methyl sites for hydroxylation is 1. The van der Waals surface area contributed by atoms with Crippen LogP contribution in [-0.4, -0.2) is 22.7 Å². The number of likely N-dealkylation sites (N-methyl/N-ethyl adjacent to an activating group) is 1. The van der Waals surface area contributed by atoms with E-state index < -0.39 is 0 Å². The Morgan fingerprint density at radius 1 is 1.35 bits per heavy atom. The van der Waals surface area contributed by atoms with E-state index in [1.54, 1.807) is 0 Å². The van der Waals surface area contributed by atoms with Crippen LogP contribution in [0.2, 0.25) is 0 Å². The van der Waals surface area contributed by atoms with Crippen molar-refractivity contribution in [3.63, 3.8) is 0 Å². The summed E-state index contributed by atoms with van der Waals surface area (Å²) in [5.41, 5.74) is 2.16. The van der Waals surface area contributed by atoms with E-state index in [9.17, 15) is 0 Å². The largest absolute Gasteiger partial charge is 0.339 e. The number of hydrogen-bond acceptors (Lipinski definition) is 4. The molecule has 4 nitrogen and oxygen atoms in total. The minimum absolute atomic E-state index is 0.387. The molecule has 2 aromatic rings. The number of rotatable bonds is 6. The van der Waals surface area contributed by atoms with E-state index in [2.05, 4.69) is 52.2 Å². The van der Waals surface area contributed by atoms with Crippen LogP contribution in [0.3, 0.4) is 0 Å². The topological polar surface area (TPSA) is 51.0 Å². The van der Waals surface area contributed by atoms with Gasteiger partial charge in [0.15, 0.2) is 0 Å². The minimum Gasteiger partial charge on any atom is -0.339 e. The average molecular weight is 338 g/mol. The van der Waals surface area contributed by atoms with E-state index >= 15 is 0 Å². The Hall–Kier alpha value is -1.20. The van der Waals surface area contributed by atoms with E-state index in [1.807, 2.05) is 18.2 Å². The summed E-state index contributed by atoms with van der Waals surface area (Å²) in [6.45, 7) is 7.26. The van der Waals surface area contributed by atoms with Gasteiger partial charge in [-0.2, -0.15) is 4.98 Å². The smallest absolute Gasteiger partial charge is 0.228 e. The van der Waals surface area contributed by atoms with Gasteiger partial charge in [0, 0.05) is 22.5 Å². The fourth-order valence-corrected chi connectivity index (χ4v) is 2.43. The Kier molecular flexibility index (Phi) is 5.31. The predicted octanol–water partition coefficient (Wildman–Crippen LogP) is 3.74. The van der Waals surface area contributed by atoms with Crippen LogP contribution in [0.15, 0.2) is 27.2 Å². The third-order valence-corrected chi connectivity index (χ3v) is 4.16. The molecular weight excluding hydrogens is 318 g/mol. The summed E-state index contributed by atoms with van der Waals surface area (Å²) in [4.78, 5) is 4.48. The second kappa shape index (κ2) is 6.99. The van der Waals surface area contributed by atoms with Gasteiger partial charge in [0.05, 0.1) is 0 Å². The molecular formula is C15H20BrN3O. The second-order valence-electron chi connectivity index (χ2n) is 4.84. The molecule has 108 valence electrons. The Bertz CT molecular complexity index is 568. The molecule has 5 heteroatoms. The van der Waals surface area contributed by atoms with Crippen molar-refractivity contribution in [2.75, 3.05) is 6.54 Å². The van der Waals surface area contributed by atoms with Crippen LogP contribution in [0.5, 0.6) is 0 Å². The van der Waals surface area contributed by atoms with Crippen LogP contribution < -0.4 is 5.32 Å². The van der Waals surface area contributed by atoms with Crippen LogP contribution in [0.4, 0.5) is 0 Å². The molecule has 0 aliphatic heterocycles. The first-order chi connectivity index (χ1) is 9.63. The van der Waals surface area contributed by atoms with Crippen molar-refractivity contribution in [3.05, 3.63) is 34.1 Å². The number of aromatic nitrogens is 2. The molecule has 0 saturated heterocycles. The maximum Gasteiger partial charge on any atom is 0.228 e. The van der Waals surface area contributed by atoms with E-state index in [0.29, 0.717) is 17.8 Å². The third kappa shape index (κ3) is 3.67. The van der Waals surface area contributed by atoms with Crippen molar-refractivity contribution in [2.24, 2.45) is 0 Å². The molecule has 2 rings (SSSR count). The van der Waals surface area contributed by atoms with Crippen LogP contribution in [0.25, 0.3) is 11.4 Å². The van der Waals surface area contributed by atoms with E-state index in [1.165, 1.54) is 5.56 Å². The molecule has 0 saturated carbocycles. The van der Waals surface area contributed by atoms with Crippen molar-refractivity contribution in [3.8, 4) is 11.4 Å². The fraction of sp³-hybridized carbons (Fsp3) is 0.467. The number of nitrogens with zero attached hydrogens (tertiary/aromatic N) is 2. The van der Waals surface area contributed by atoms with Crippen molar-refractivity contribution in [2.45, 2.75) is 39.7 Å². The summed E-state index contributed by atoms with van der Waals surface area (Å²) in [7, 11) is 0. The molecule has 1 N–H and O–H groups in total. The molecule has 0 aliphatic rings. The average Bonchev–Trinajstić information content (AvgIpc) is 2.90. The lowest BCUT2D eigenvalue weighted by molar-refractivity contribution is 0.355. The monoisotopic (exact) mass is 337 g/mol. The lowest BCUT2D eigenvalue weighted by Crippen LogP contribution is -2.30. The van der Waals surface area contributed by atoms with Crippen molar-refractivity contribution in [1.29, 1.82) is 0 Å². The zero-order chi connectivity index (χ0) is 14.5. The van der Waals surface area contributed by atoms with Gasteiger partial charge in [-0.1, -0.05) is 47.1 Å². The lowest BCUT2D eigenvalue weighted by Gasteiger charge is -2.12. The Morgan fingerprint density at radius 3 is 2.80 bits per heavy atom. The number of benzene rings is 1. The zero-order valence-corrected chi connectivity index (χ0v) is 13.7. The van der Waals surface area contributed by atoms with Gasteiger partial charge in [-0.25, -0.2) is 0 Å². The predicted molar refractivity (Wildman–Crippen MR) is 83.6 cm³/mol. The van der Waals surface area contributed by atoms with Crippen LogP contribution in [0.1, 0.15) is 31.7 Å². The number of nitrogens with one attached hydrogen (secondary N) is 1. The SMILES string of the molecule is CCNC(CC)Cc1nc(-c2ccc(C)c(Br)c2)no1. The fourth-order valence-electron chi connectivity index (χ4n) is 2.05. The van der Waals surface area contributed by atoms with Gasteiger partial charge in [0.1, 0.15) is 0 Å². The van der Waals surface area contributed by atoms with Gasteiger partial charge in [-0.05, 0) is 31.5 Å². The Labute approximate surface area is 128 Å². The maximum atomic E-state index is 5.35. The Balaban J connectivity index is 2.13. The van der Waals surface area contributed by atoms with Crippen molar-refractivity contribution >= 4 is 15.9 Å². The molecule has 0 aliphatic carbocycles. The molecule has 20 heavy (non-hydrogen) atoms. The highest BCUT2D eigenvalue weighted by atomic mass is 79.9. The first kappa shape index (κ1) is 15.2. The first-order valence-electron chi connectivity index (χ1n) is 6.96. The van der Waals surface area contributed by atoms with Crippen LogP contribution >= 0.6 is 15.9 Å². The Morgan fingerprint density at radius 2 is 2.15 bits per heavy atom. The highest BCUT2D eigenvalue weighted by Gasteiger charge is 2.13. The molecule has 0 radical (unpaired) electrons. The zero-order valence-electron chi connectivity index (χ0n) is 12.1. The molecule has 0 spiro atoms. The summed E-state index contributed by atoms with van der Waals surface area (Å²) in [6.07, 6.45) is 1.81.